The third kappa shape index (κ3) is 4.14. The molecule has 84 valence electrons. The number of nitrogens with zero attached hydrogens (tertiary/aromatic N) is 1. The van der Waals surface area contributed by atoms with E-state index in [-0.39, 0.29) is 0 Å². The maximum absolute atomic E-state index is 5.65. The standard InChI is InChI=1S/C12H20N2S/c1-10(9-15-3)14(2)8-11-4-6-12(13)7-5-11/h4-7,10H,8-9,13H2,1-3H3. The Bertz CT molecular complexity index is 284. The molecule has 1 atom stereocenters. The van der Waals surface area contributed by atoms with Crippen LogP contribution >= 0.6 is 11.8 Å². The summed E-state index contributed by atoms with van der Waals surface area (Å²) in [5, 5.41) is 0. The number of anilines is 1. The van der Waals surface area contributed by atoms with Crippen LogP contribution in [-0.2, 0) is 6.54 Å². The van der Waals surface area contributed by atoms with E-state index in [4.69, 9.17) is 5.73 Å². The molecular weight excluding hydrogens is 204 g/mol. The molecule has 0 aliphatic carbocycles. The fourth-order valence-electron chi connectivity index (χ4n) is 1.44. The number of hydrogen-bond donors (Lipinski definition) is 1. The van der Waals surface area contributed by atoms with Gasteiger partial charge in [-0.2, -0.15) is 11.8 Å². The van der Waals surface area contributed by atoms with Gasteiger partial charge in [0.2, 0.25) is 0 Å². The Hall–Kier alpha value is -0.670. The number of hydrogen-bond acceptors (Lipinski definition) is 3. The van der Waals surface area contributed by atoms with Gasteiger partial charge in [-0.25, -0.2) is 0 Å². The van der Waals surface area contributed by atoms with Gasteiger partial charge in [-0.05, 0) is 37.9 Å². The van der Waals surface area contributed by atoms with Gasteiger partial charge in [0.25, 0.3) is 0 Å². The molecule has 0 amide bonds. The van der Waals surface area contributed by atoms with Crippen molar-refractivity contribution in [3.05, 3.63) is 29.8 Å². The van der Waals surface area contributed by atoms with Gasteiger partial charge in [0, 0.05) is 24.0 Å². The highest BCUT2D eigenvalue weighted by Crippen LogP contribution is 2.11. The first-order valence-electron chi connectivity index (χ1n) is 5.17. The normalized spacial score (nSPS) is 13.1. The first kappa shape index (κ1) is 12.4. The highest BCUT2D eigenvalue weighted by Gasteiger charge is 2.08. The lowest BCUT2D eigenvalue weighted by Gasteiger charge is -2.24. The average Bonchev–Trinajstić information content (AvgIpc) is 2.22. The minimum atomic E-state index is 0.609. The number of nitrogen functional groups attached to an aromatic ring is 1. The molecule has 0 heterocycles. The summed E-state index contributed by atoms with van der Waals surface area (Å²) in [6.07, 6.45) is 2.15. The fraction of sp³-hybridized carbons (Fsp3) is 0.500. The van der Waals surface area contributed by atoms with Crippen LogP contribution in [0.15, 0.2) is 24.3 Å². The zero-order valence-electron chi connectivity index (χ0n) is 9.73. The van der Waals surface area contributed by atoms with Crippen molar-refractivity contribution in [3.8, 4) is 0 Å². The van der Waals surface area contributed by atoms with Crippen molar-refractivity contribution in [1.82, 2.24) is 4.90 Å². The van der Waals surface area contributed by atoms with Gasteiger partial charge in [-0.3, -0.25) is 4.90 Å². The monoisotopic (exact) mass is 224 g/mol. The SMILES string of the molecule is CSCC(C)N(C)Cc1ccc(N)cc1. The molecule has 0 bridgehead atoms. The van der Waals surface area contributed by atoms with E-state index in [1.807, 2.05) is 23.9 Å². The zero-order chi connectivity index (χ0) is 11.3. The van der Waals surface area contributed by atoms with Crippen LogP contribution in [0.5, 0.6) is 0 Å². The molecule has 0 radical (unpaired) electrons. The minimum absolute atomic E-state index is 0.609. The van der Waals surface area contributed by atoms with Gasteiger partial charge < -0.3 is 5.73 Å². The molecule has 2 N–H and O–H groups in total. The fourth-order valence-corrected chi connectivity index (χ4v) is 2.17. The Labute approximate surface area is 96.8 Å². The number of benzene rings is 1. The number of thioether (sulfide) groups is 1. The van der Waals surface area contributed by atoms with E-state index in [1.54, 1.807) is 0 Å². The summed E-state index contributed by atoms with van der Waals surface area (Å²) >= 11 is 1.89. The van der Waals surface area contributed by atoms with Crippen molar-refractivity contribution in [3.63, 3.8) is 0 Å². The molecule has 1 aromatic rings. The first-order valence-corrected chi connectivity index (χ1v) is 6.56. The topological polar surface area (TPSA) is 29.3 Å². The van der Waals surface area contributed by atoms with Crippen molar-refractivity contribution in [2.45, 2.75) is 19.5 Å². The Morgan fingerprint density at radius 2 is 1.93 bits per heavy atom. The maximum atomic E-state index is 5.65. The van der Waals surface area contributed by atoms with E-state index in [0.29, 0.717) is 6.04 Å². The molecule has 1 rings (SSSR count). The number of rotatable bonds is 5. The highest BCUT2D eigenvalue weighted by atomic mass is 32.2. The third-order valence-electron chi connectivity index (χ3n) is 2.57. The van der Waals surface area contributed by atoms with E-state index in [2.05, 4.69) is 37.3 Å². The van der Waals surface area contributed by atoms with E-state index in [0.717, 1.165) is 12.2 Å². The van der Waals surface area contributed by atoms with Crippen LogP contribution in [0.2, 0.25) is 0 Å². The molecule has 1 unspecified atom stereocenters. The Morgan fingerprint density at radius 3 is 2.47 bits per heavy atom. The van der Waals surface area contributed by atoms with Crippen molar-refractivity contribution in [1.29, 1.82) is 0 Å². The predicted octanol–water partition coefficient (Wildman–Crippen LogP) is 2.45. The summed E-state index contributed by atoms with van der Waals surface area (Å²) in [6.45, 7) is 3.25. The summed E-state index contributed by atoms with van der Waals surface area (Å²) in [5.41, 5.74) is 7.80. The third-order valence-corrected chi connectivity index (χ3v) is 3.39. The van der Waals surface area contributed by atoms with Gasteiger partial charge in [-0.1, -0.05) is 12.1 Å². The van der Waals surface area contributed by atoms with Crippen LogP contribution in [0, 0.1) is 0 Å². The van der Waals surface area contributed by atoms with Crippen LogP contribution in [0.1, 0.15) is 12.5 Å². The Balaban J connectivity index is 2.50. The molecule has 0 saturated carbocycles. The Kier molecular flexibility index (Phi) is 4.99. The van der Waals surface area contributed by atoms with Gasteiger partial charge in [0.15, 0.2) is 0 Å². The van der Waals surface area contributed by atoms with Crippen LogP contribution in [0.25, 0.3) is 0 Å². The Morgan fingerprint density at radius 1 is 1.33 bits per heavy atom. The first-order chi connectivity index (χ1) is 7.13. The van der Waals surface area contributed by atoms with E-state index < -0.39 is 0 Å². The molecule has 0 saturated heterocycles. The van der Waals surface area contributed by atoms with E-state index >= 15 is 0 Å². The van der Waals surface area contributed by atoms with Gasteiger partial charge in [-0.15, -0.1) is 0 Å². The van der Waals surface area contributed by atoms with Crippen molar-refractivity contribution >= 4 is 17.4 Å². The van der Waals surface area contributed by atoms with Crippen LogP contribution in [-0.4, -0.2) is 30.0 Å². The average molecular weight is 224 g/mol. The predicted molar refractivity (Wildman–Crippen MR) is 70.2 cm³/mol. The molecule has 0 fully saturated rings. The number of nitrogens with two attached hydrogens (primary N) is 1. The van der Waals surface area contributed by atoms with Gasteiger partial charge in [0.05, 0.1) is 0 Å². The van der Waals surface area contributed by atoms with E-state index in [1.165, 1.54) is 11.3 Å². The van der Waals surface area contributed by atoms with Crippen molar-refractivity contribution < 1.29 is 0 Å². The smallest absolute Gasteiger partial charge is 0.0314 e. The van der Waals surface area contributed by atoms with Crippen LogP contribution < -0.4 is 5.73 Å². The lowest BCUT2D eigenvalue weighted by Crippen LogP contribution is -2.30. The lowest BCUT2D eigenvalue weighted by atomic mass is 10.2. The van der Waals surface area contributed by atoms with Crippen molar-refractivity contribution in [2.75, 3.05) is 24.8 Å². The maximum Gasteiger partial charge on any atom is 0.0314 e. The second-order valence-corrected chi connectivity index (χ2v) is 4.87. The molecule has 2 nitrogen and oxygen atoms in total. The second-order valence-electron chi connectivity index (χ2n) is 3.96. The molecule has 0 spiro atoms. The molecule has 1 aromatic carbocycles. The van der Waals surface area contributed by atoms with Crippen LogP contribution in [0.3, 0.4) is 0 Å². The van der Waals surface area contributed by atoms with E-state index in [9.17, 15) is 0 Å². The summed E-state index contributed by atoms with van der Waals surface area (Å²) in [6, 6.07) is 8.72. The quantitative estimate of drug-likeness (QED) is 0.779. The van der Waals surface area contributed by atoms with Crippen LogP contribution in [0.4, 0.5) is 5.69 Å². The van der Waals surface area contributed by atoms with Gasteiger partial charge in [0.1, 0.15) is 0 Å². The summed E-state index contributed by atoms with van der Waals surface area (Å²) in [4.78, 5) is 2.36. The largest absolute Gasteiger partial charge is 0.399 e. The van der Waals surface area contributed by atoms with Gasteiger partial charge >= 0.3 is 0 Å². The zero-order valence-corrected chi connectivity index (χ0v) is 10.6. The molecular formula is C12H20N2S. The highest BCUT2D eigenvalue weighted by molar-refractivity contribution is 7.98. The molecule has 3 heteroatoms. The lowest BCUT2D eigenvalue weighted by molar-refractivity contribution is 0.270. The second kappa shape index (κ2) is 6.03. The molecule has 0 aliphatic heterocycles. The summed E-state index contributed by atoms with van der Waals surface area (Å²) in [5.74, 6) is 1.17. The molecule has 0 aromatic heterocycles. The summed E-state index contributed by atoms with van der Waals surface area (Å²) in [7, 11) is 2.16. The van der Waals surface area contributed by atoms with Crippen molar-refractivity contribution in [2.24, 2.45) is 0 Å². The minimum Gasteiger partial charge on any atom is -0.399 e. The molecule has 0 aliphatic rings. The summed E-state index contributed by atoms with van der Waals surface area (Å²) < 4.78 is 0. The molecule has 15 heavy (non-hydrogen) atoms.